The van der Waals surface area contributed by atoms with Crippen LogP contribution in [0.3, 0.4) is 0 Å². The van der Waals surface area contributed by atoms with Gasteiger partial charge in [-0.3, -0.25) is 24.1 Å². The van der Waals surface area contributed by atoms with E-state index in [0.29, 0.717) is 11.4 Å². The van der Waals surface area contributed by atoms with Gasteiger partial charge in [-0.1, -0.05) is 32.0 Å². The van der Waals surface area contributed by atoms with Gasteiger partial charge in [0, 0.05) is 18.8 Å². The molecule has 1 N–H and O–H groups in total. The number of esters is 1. The van der Waals surface area contributed by atoms with Crippen molar-refractivity contribution in [3.8, 4) is 5.75 Å². The molecule has 0 fully saturated rings. The number of carbonyl (C=O) groups is 5. The largest absolute Gasteiger partial charge is 0.497 e. The van der Waals surface area contributed by atoms with Gasteiger partial charge < -0.3 is 19.7 Å². The fraction of sp³-hybridized carbons (Fsp3) is 0.320. The Labute approximate surface area is 202 Å². The summed E-state index contributed by atoms with van der Waals surface area (Å²) in [6.07, 6.45) is 0. The predicted octanol–water partition coefficient (Wildman–Crippen LogP) is 1.96. The Bertz CT molecular complexity index is 1130. The number of methoxy groups -OCH3 is 1. The first kappa shape index (κ1) is 25.4. The fourth-order valence-corrected chi connectivity index (χ4v) is 3.67. The smallest absolute Gasteiger partial charge is 0.330 e. The normalized spacial score (nSPS) is 13.3. The number of ether oxygens (including phenoxy) is 2. The van der Waals surface area contributed by atoms with E-state index >= 15 is 0 Å². The number of rotatable bonds is 9. The van der Waals surface area contributed by atoms with Crippen LogP contribution in [0.15, 0.2) is 48.5 Å². The maximum absolute atomic E-state index is 12.8. The minimum Gasteiger partial charge on any atom is -0.497 e. The van der Waals surface area contributed by atoms with Gasteiger partial charge in [-0.15, -0.1) is 0 Å². The van der Waals surface area contributed by atoms with Crippen LogP contribution < -0.4 is 10.1 Å². The second kappa shape index (κ2) is 10.8. The Morgan fingerprint density at radius 2 is 1.63 bits per heavy atom. The summed E-state index contributed by atoms with van der Waals surface area (Å²) in [4.78, 5) is 65.1. The molecule has 0 aromatic heterocycles. The van der Waals surface area contributed by atoms with Crippen LogP contribution in [0, 0.1) is 5.92 Å². The van der Waals surface area contributed by atoms with E-state index in [4.69, 9.17) is 9.47 Å². The Morgan fingerprint density at radius 3 is 2.20 bits per heavy atom. The second-order valence-corrected chi connectivity index (χ2v) is 8.35. The van der Waals surface area contributed by atoms with E-state index in [9.17, 15) is 24.0 Å². The highest BCUT2D eigenvalue weighted by Gasteiger charge is 2.44. The molecule has 1 aliphatic heterocycles. The van der Waals surface area contributed by atoms with Crippen molar-refractivity contribution in [2.75, 3.05) is 32.6 Å². The van der Waals surface area contributed by atoms with Crippen LogP contribution in [0.2, 0.25) is 0 Å². The highest BCUT2D eigenvalue weighted by atomic mass is 16.5. The number of hydrogen-bond donors (Lipinski definition) is 1. The van der Waals surface area contributed by atoms with E-state index in [1.165, 1.54) is 26.3 Å². The molecule has 10 heteroatoms. The zero-order chi connectivity index (χ0) is 25.7. The Morgan fingerprint density at radius 1 is 1.00 bits per heavy atom. The average molecular weight is 482 g/mol. The molecule has 0 bridgehead atoms. The Kier molecular flexibility index (Phi) is 7.85. The third-order valence-electron chi connectivity index (χ3n) is 5.47. The van der Waals surface area contributed by atoms with Crippen LogP contribution in [0.5, 0.6) is 5.75 Å². The molecule has 4 amide bonds. The van der Waals surface area contributed by atoms with Crippen molar-refractivity contribution in [2.45, 2.75) is 19.9 Å². The van der Waals surface area contributed by atoms with E-state index in [-0.39, 0.29) is 17.7 Å². The molecule has 35 heavy (non-hydrogen) atoms. The van der Waals surface area contributed by atoms with Gasteiger partial charge in [0.25, 0.3) is 17.7 Å². The molecule has 0 spiro atoms. The van der Waals surface area contributed by atoms with Gasteiger partial charge in [-0.25, -0.2) is 4.79 Å². The summed E-state index contributed by atoms with van der Waals surface area (Å²) in [5, 5.41) is 2.65. The van der Waals surface area contributed by atoms with Crippen molar-refractivity contribution in [3.05, 3.63) is 59.7 Å². The lowest BCUT2D eigenvalue weighted by Gasteiger charge is -2.27. The molecule has 0 radical (unpaired) electrons. The third-order valence-corrected chi connectivity index (χ3v) is 5.47. The minimum absolute atomic E-state index is 0.216. The van der Waals surface area contributed by atoms with Crippen molar-refractivity contribution in [1.29, 1.82) is 0 Å². The van der Waals surface area contributed by atoms with Gasteiger partial charge in [0.1, 0.15) is 11.8 Å². The maximum Gasteiger partial charge on any atom is 0.330 e. The molecule has 0 unspecified atom stereocenters. The molecule has 2 aromatic carbocycles. The molecule has 0 saturated carbocycles. The van der Waals surface area contributed by atoms with Gasteiger partial charge in [-0.05, 0) is 30.2 Å². The van der Waals surface area contributed by atoms with Crippen molar-refractivity contribution >= 4 is 35.3 Å². The second-order valence-electron chi connectivity index (χ2n) is 8.35. The lowest BCUT2D eigenvalue weighted by molar-refractivity contribution is -0.156. The van der Waals surface area contributed by atoms with Gasteiger partial charge >= 0.3 is 5.97 Å². The number of fused-ring (bicyclic) bond motifs is 1. The minimum atomic E-state index is -1.20. The molecule has 184 valence electrons. The zero-order valence-corrected chi connectivity index (χ0v) is 19.9. The number of amides is 4. The van der Waals surface area contributed by atoms with Crippen LogP contribution in [-0.2, 0) is 19.1 Å². The first-order valence-electron chi connectivity index (χ1n) is 11.0. The van der Waals surface area contributed by atoms with Gasteiger partial charge in [0.05, 0.1) is 24.8 Å². The third kappa shape index (κ3) is 5.65. The summed E-state index contributed by atoms with van der Waals surface area (Å²) in [5.74, 6) is -3.01. The van der Waals surface area contributed by atoms with Crippen molar-refractivity contribution in [1.82, 2.24) is 9.80 Å². The first-order chi connectivity index (χ1) is 16.6. The fourth-order valence-electron chi connectivity index (χ4n) is 3.67. The number of imide groups is 1. The van der Waals surface area contributed by atoms with Crippen LogP contribution in [0.4, 0.5) is 5.69 Å². The SMILES string of the molecule is COc1cccc(NC(=O)CN(C)C(=O)COC(=O)[C@H](C(C)C)N2C(=O)c3ccccc3C2=O)c1. The highest BCUT2D eigenvalue weighted by Crippen LogP contribution is 2.27. The highest BCUT2D eigenvalue weighted by molar-refractivity contribution is 6.22. The molecular weight excluding hydrogens is 454 g/mol. The number of nitrogens with zero attached hydrogens (tertiary/aromatic N) is 2. The number of carbonyl (C=O) groups excluding carboxylic acids is 5. The molecule has 2 aromatic rings. The predicted molar refractivity (Wildman–Crippen MR) is 126 cm³/mol. The quantitative estimate of drug-likeness (QED) is 0.429. The molecule has 1 heterocycles. The molecule has 1 aliphatic rings. The van der Waals surface area contributed by atoms with E-state index < -0.39 is 48.2 Å². The van der Waals surface area contributed by atoms with Crippen LogP contribution in [-0.4, -0.2) is 72.7 Å². The summed E-state index contributed by atoms with van der Waals surface area (Å²) in [5.41, 5.74) is 0.935. The summed E-state index contributed by atoms with van der Waals surface area (Å²) in [6, 6.07) is 11.9. The van der Waals surface area contributed by atoms with Gasteiger partial charge in [-0.2, -0.15) is 0 Å². The van der Waals surface area contributed by atoms with E-state index in [0.717, 1.165) is 9.80 Å². The number of likely N-dealkylation sites (N-methyl/N-ethyl adjacent to an activating group) is 1. The van der Waals surface area contributed by atoms with Crippen LogP contribution in [0.25, 0.3) is 0 Å². The van der Waals surface area contributed by atoms with Crippen molar-refractivity contribution in [2.24, 2.45) is 5.92 Å². The molecule has 1 atom stereocenters. The average Bonchev–Trinajstić information content (AvgIpc) is 3.07. The summed E-state index contributed by atoms with van der Waals surface area (Å²) >= 11 is 0. The maximum atomic E-state index is 12.8. The molecule has 0 aliphatic carbocycles. The number of nitrogens with one attached hydrogen (secondary N) is 1. The first-order valence-corrected chi connectivity index (χ1v) is 11.0. The summed E-state index contributed by atoms with van der Waals surface area (Å²) < 4.78 is 10.3. The van der Waals surface area contributed by atoms with Crippen molar-refractivity contribution < 1.29 is 33.4 Å². The monoisotopic (exact) mass is 481 g/mol. The van der Waals surface area contributed by atoms with Gasteiger partial charge in [0.15, 0.2) is 6.61 Å². The Balaban J connectivity index is 1.58. The van der Waals surface area contributed by atoms with Crippen molar-refractivity contribution in [3.63, 3.8) is 0 Å². The summed E-state index contributed by atoms with van der Waals surface area (Å²) in [6.45, 7) is 2.42. The van der Waals surface area contributed by atoms with E-state index in [1.807, 2.05) is 0 Å². The number of hydrogen-bond acceptors (Lipinski definition) is 7. The molecule has 0 saturated heterocycles. The molecular formula is C25H27N3O7. The summed E-state index contributed by atoms with van der Waals surface area (Å²) in [7, 11) is 2.90. The van der Waals surface area contributed by atoms with E-state index in [1.54, 1.807) is 50.2 Å². The van der Waals surface area contributed by atoms with Gasteiger partial charge in [0.2, 0.25) is 5.91 Å². The number of benzene rings is 2. The van der Waals surface area contributed by atoms with Crippen LogP contribution >= 0.6 is 0 Å². The molecule has 3 rings (SSSR count). The Hall–Kier alpha value is -4.21. The number of anilines is 1. The zero-order valence-electron chi connectivity index (χ0n) is 19.9. The topological polar surface area (TPSA) is 122 Å². The lowest BCUT2D eigenvalue weighted by atomic mass is 10.0. The standard InChI is InChI=1S/C25H27N3O7/c1-15(2)22(28-23(31)18-10-5-6-11-19(18)24(28)32)25(33)35-14-21(30)27(3)13-20(29)26-16-8-7-9-17(12-16)34-4/h5-12,15,22H,13-14H2,1-4H3,(H,26,29)/t22-/m0/s1. The molecule has 10 nitrogen and oxygen atoms in total. The van der Waals surface area contributed by atoms with E-state index in [2.05, 4.69) is 5.32 Å². The van der Waals surface area contributed by atoms with Crippen LogP contribution in [0.1, 0.15) is 34.6 Å². The lowest BCUT2D eigenvalue weighted by Crippen LogP contribution is -2.49.